The Labute approximate surface area is 147 Å². The fourth-order valence-corrected chi connectivity index (χ4v) is 2.68. The molecule has 3 aromatic rings. The lowest BCUT2D eigenvalue weighted by molar-refractivity contribution is 0.426. The van der Waals surface area contributed by atoms with Gasteiger partial charge in [0.2, 0.25) is 0 Å². The van der Waals surface area contributed by atoms with Crippen molar-refractivity contribution in [1.29, 1.82) is 0 Å². The van der Waals surface area contributed by atoms with Gasteiger partial charge in [-0.3, -0.25) is 0 Å². The predicted octanol–water partition coefficient (Wildman–Crippen LogP) is 2.10. The van der Waals surface area contributed by atoms with Crippen molar-refractivity contribution in [1.82, 2.24) is 10.2 Å². The predicted molar refractivity (Wildman–Crippen MR) is 101 cm³/mol. The Bertz CT molecular complexity index is 872. The Kier molecular flexibility index (Phi) is 5.44. The van der Waals surface area contributed by atoms with E-state index in [9.17, 15) is 10.0 Å². The minimum Gasteiger partial charge on any atom is -0.423 e. The van der Waals surface area contributed by atoms with Gasteiger partial charge in [-0.25, -0.2) is 0 Å². The third-order valence-electron chi connectivity index (χ3n) is 3.90. The van der Waals surface area contributed by atoms with Crippen LogP contribution in [0.3, 0.4) is 0 Å². The Morgan fingerprint density at radius 3 is 2.33 bits per heavy atom. The molecule has 4 N–H and O–H groups in total. The van der Waals surface area contributed by atoms with E-state index in [-0.39, 0.29) is 18.3 Å². The number of anilines is 1. The highest BCUT2D eigenvalue weighted by Gasteiger charge is 2.14. The molecule has 3 rings (SSSR count). The zero-order chi connectivity index (χ0) is 16.6. The van der Waals surface area contributed by atoms with Crippen LogP contribution in [0.15, 0.2) is 42.5 Å². The summed E-state index contributed by atoms with van der Waals surface area (Å²) in [5, 5.41) is 28.8. The molecular weight excluding hydrogens is 324 g/mol. The highest BCUT2D eigenvalue weighted by atomic mass is 35.5. The van der Waals surface area contributed by atoms with Crippen LogP contribution in [0.4, 0.5) is 5.82 Å². The fraction of sp³-hybridized carbons (Fsp3) is 0.176. The normalized spacial score (nSPS) is 10.7. The molecule has 0 unspecified atom stereocenters. The van der Waals surface area contributed by atoms with E-state index in [4.69, 9.17) is 5.73 Å². The van der Waals surface area contributed by atoms with E-state index in [1.165, 1.54) is 0 Å². The number of hydrogen-bond acceptors (Lipinski definition) is 5. The lowest BCUT2D eigenvalue weighted by Crippen LogP contribution is -2.29. The van der Waals surface area contributed by atoms with Crippen molar-refractivity contribution in [3.63, 3.8) is 0 Å². The molecule has 0 saturated carbocycles. The lowest BCUT2D eigenvalue weighted by atomic mass is 9.79. The molecular formula is C17H19BClN3O2. The molecule has 0 amide bonds. The summed E-state index contributed by atoms with van der Waals surface area (Å²) >= 11 is 0. The molecule has 5 nitrogen and oxygen atoms in total. The smallest absolute Gasteiger partial charge is 0.423 e. The summed E-state index contributed by atoms with van der Waals surface area (Å²) in [6.07, 6.45) is 0. The quantitative estimate of drug-likeness (QED) is 0.633. The van der Waals surface area contributed by atoms with Crippen molar-refractivity contribution in [3.05, 3.63) is 48.2 Å². The van der Waals surface area contributed by atoms with Gasteiger partial charge < -0.3 is 15.8 Å². The molecule has 0 aliphatic rings. The van der Waals surface area contributed by atoms with Crippen LogP contribution in [0.25, 0.3) is 21.9 Å². The van der Waals surface area contributed by atoms with Crippen LogP contribution >= 0.6 is 12.4 Å². The topological polar surface area (TPSA) is 92.3 Å². The van der Waals surface area contributed by atoms with Gasteiger partial charge in [-0.05, 0) is 34.6 Å². The molecule has 24 heavy (non-hydrogen) atoms. The number of benzene rings is 2. The maximum absolute atomic E-state index is 9.34. The van der Waals surface area contributed by atoms with Crippen molar-refractivity contribution in [2.45, 2.75) is 19.8 Å². The largest absolute Gasteiger partial charge is 0.488 e. The molecule has 1 heterocycles. The van der Waals surface area contributed by atoms with Gasteiger partial charge in [-0.15, -0.1) is 17.5 Å². The average molecular weight is 344 g/mol. The van der Waals surface area contributed by atoms with E-state index in [1.807, 2.05) is 24.3 Å². The number of nitrogens with two attached hydrogens (primary N) is 1. The summed E-state index contributed by atoms with van der Waals surface area (Å²) in [5.41, 5.74) is 9.17. The van der Waals surface area contributed by atoms with E-state index in [1.54, 1.807) is 18.2 Å². The zero-order valence-electron chi connectivity index (χ0n) is 13.5. The van der Waals surface area contributed by atoms with Gasteiger partial charge in [0, 0.05) is 10.8 Å². The van der Waals surface area contributed by atoms with Gasteiger partial charge in [-0.1, -0.05) is 44.2 Å². The number of hydrogen-bond donors (Lipinski definition) is 3. The molecule has 0 aliphatic carbocycles. The average Bonchev–Trinajstić information content (AvgIpc) is 2.54. The molecule has 0 fully saturated rings. The second-order valence-electron chi connectivity index (χ2n) is 5.88. The summed E-state index contributed by atoms with van der Waals surface area (Å²) in [6.45, 7) is 4.13. The second-order valence-corrected chi connectivity index (χ2v) is 5.88. The van der Waals surface area contributed by atoms with Crippen molar-refractivity contribution >= 4 is 41.6 Å². The van der Waals surface area contributed by atoms with Gasteiger partial charge in [0.25, 0.3) is 0 Å². The van der Waals surface area contributed by atoms with E-state index >= 15 is 0 Å². The first-order valence-corrected chi connectivity index (χ1v) is 7.49. The van der Waals surface area contributed by atoms with Crippen LogP contribution in [0, 0.1) is 0 Å². The van der Waals surface area contributed by atoms with E-state index in [0.717, 1.165) is 27.6 Å². The molecule has 0 spiro atoms. The molecule has 0 saturated heterocycles. The van der Waals surface area contributed by atoms with Crippen LogP contribution < -0.4 is 11.2 Å². The number of nitrogen functional groups attached to an aromatic ring is 1. The van der Waals surface area contributed by atoms with Gasteiger partial charge >= 0.3 is 7.12 Å². The van der Waals surface area contributed by atoms with Gasteiger partial charge in [0.05, 0.1) is 5.69 Å². The van der Waals surface area contributed by atoms with Crippen LogP contribution in [-0.4, -0.2) is 27.4 Å². The third kappa shape index (κ3) is 3.36. The molecule has 0 radical (unpaired) electrons. The first kappa shape index (κ1) is 18.2. The minimum atomic E-state index is -1.48. The third-order valence-corrected chi connectivity index (χ3v) is 3.90. The van der Waals surface area contributed by atoms with Crippen molar-refractivity contribution in [2.75, 3.05) is 5.73 Å². The van der Waals surface area contributed by atoms with Crippen LogP contribution in [0.5, 0.6) is 0 Å². The summed E-state index contributed by atoms with van der Waals surface area (Å²) in [6, 6.07) is 13.1. The highest BCUT2D eigenvalue weighted by Crippen LogP contribution is 2.30. The monoisotopic (exact) mass is 343 g/mol. The number of fused-ring (bicyclic) bond motifs is 1. The molecule has 0 bridgehead atoms. The number of aromatic nitrogens is 2. The maximum atomic E-state index is 9.34. The van der Waals surface area contributed by atoms with Crippen molar-refractivity contribution < 1.29 is 10.0 Å². The summed E-state index contributed by atoms with van der Waals surface area (Å²) in [7, 11) is -1.48. The van der Waals surface area contributed by atoms with Crippen LogP contribution in [0.1, 0.15) is 25.5 Å². The maximum Gasteiger partial charge on any atom is 0.488 e. The van der Waals surface area contributed by atoms with Crippen molar-refractivity contribution in [2.24, 2.45) is 0 Å². The highest BCUT2D eigenvalue weighted by molar-refractivity contribution is 6.58. The molecule has 1 aromatic heterocycles. The zero-order valence-corrected chi connectivity index (χ0v) is 14.3. The van der Waals surface area contributed by atoms with E-state index in [0.29, 0.717) is 11.3 Å². The van der Waals surface area contributed by atoms with E-state index < -0.39 is 7.12 Å². The van der Waals surface area contributed by atoms with Gasteiger partial charge in [-0.2, -0.15) is 5.10 Å². The summed E-state index contributed by atoms with van der Waals surface area (Å²) < 4.78 is 0. The van der Waals surface area contributed by atoms with Crippen LogP contribution in [0.2, 0.25) is 0 Å². The molecule has 124 valence electrons. The van der Waals surface area contributed by atoms with Gasteiger partial charge in [0.15, 0.2) is 5.82 Å². The molecule has 7 heteroatoms. The Hall–Kier alpha value is -2.15. The molecule has 0 atom stereocenters. The van der Waals surface area contributed by atoms with Crippen molar-refractivity contribution in [3.8, 4) is 11.1 Å². The number of rotatable bonds is 3. The Morgan fingerprint density at radius 1 is 0.958 bits per heavy atom. The van der Waals surface area contributed by atoms with Gasteiger partial charge in [0.1, 0.15) is 0 Å². The van der Waals surface area contributed by atoms with Crippen LogP contribution in [-0.2, 0) is 0 Å². The minimum absolute atomic E-state index is 0. The SMILES string of the molecule is CC(C)c1nnc(N)c2ccc(-c3cccc(B(O)O)c3)cc12.Cl. The first-order chi connectivity index (χ1) is 11.0. The molecule has 2 aromatic carbocycles. The molecule has 0 aliphatic heterocycles. The fourth-order valence-electron chi connectivity index (χ4n) is 2.68. The summed E-state index contributed by atoms with van der Waals surface area (Å²) in [4.78, 5) is 0. The lowest BCUT2D eigenvalue weighted by Gasteiger charge is -2.12. The number of nitrogens with zero attached hydrogens (tertiary/aromatic N) is 2. The Morgan fingerprint density at radius 2 is 1.67 bits per heavy atom. The Balaban J connectivity index is 0.00000208. The second kappa shape index (κ2) is 7.17. The standard InChI is InChI=1S/C17H18BN3O2.ClH/c1-10(2)16-15-9-12(6-7-14(15)17(19)21-20-16)11-4-3-5-13(8-11)18(22)23;/h3-10,22-23H,1-2H3,(H2,19,21);1H. The number of halogens is 1. The van der Waals surface area contributed by atoms with E-state index in [2.05, 4.69) is 24.0 Å². The first-order valence-electron chi connectivity index (χ1n) is 7.49. The summed E-state index contributed by atoms with van der Waals surface area (Å²) in [5.74, 6) is 0.641.